The van der Waals surface area contributed by atoms with Gasteiger partial charge in [-0.15, -0.1) is 0 Å². The molecule has 1 saturated heterocycles. The molecule has 1 rings (SSSR count). The Bertz CT molecular complexity index is 170. The zero-order valence-electron chi connectivity index (χ0n) is 7.66. The Balaban J connectivity index is 2.28. The first kappa shape index (κ1) is 9.48. The van der Waals surface area contributed by atoms with Crippen molar-refractivity contribution in [2.75, 3.05) is 33.7 Å². The van der Waals surface area contributed by atoms with Crippen LogP contribution < -0.4 is 0 Å². The summed E-state index contributed by atoms with van der Waals surface area (Å²) in [6.07, 6.45) is 0.556. The Kier molecular flexibility index (Phi) is 3.05. The van der Waals surface area contributed by atoms with Crippen LogP contribution in [-0.2, 0) is 4.79 Å². The standard InChI is InChI=1S/C8H16N2O2/c1-9(2)8(12)6-10-4-3-7(11)5-10/h7,11H,3-6H2,1-2H3/t7-/m1/s1. The number of hydrogen-bond acceptors (Lipinski definition) is 3. The van der Waals surface area contributed by atoms with Crippen LogP contribution in [0.4, 0.5) is 0 Å². The molecule has 70 valence electrons. The lowest BCUT2D eigenvalue weighted by Gasteiger charge is -2.17. The summed E-state index contributed by atoms with van der Waals surface area (Å²) in [4.78, 5) is 14.8. The van der Waals surface area contributed by atoms with Crippen molar-refractivity contribution in [2.45, 2.75) is 12.5 Å². The van der Waals surface area contributed by atoms with Crippen LogP contribution in [0.2, 0.25) is 0 Å². The Hall–Kier alpha value is -0.610. The predicted molar refractivity (Wildman–Crippen MR) is 45.8 cm³/mol. The summed E-state index contributed by atoms with van der Waals surface area (Å²) in [6.45, 7) is 1.91. The van der Waals surface area contributed by atoms with Crippen molar-refractivity contribution < 1.29 is 9.90 Å². The maximum Gasteiger partial charge on any atom is 0.236 e. The van der Waals surface area contributed by atoms with E-state index in [1.54, 1.807) is 19.0 Å². The molecule has 0 unspecified atom stereocenters. The first-order valence-corrected chi connectivity index (χ1v) is 4.20. The van der Waals surface area contributed by atoms with Crippen molar-refractivity contribution in [3.05, 3.63) is 0 Å². The Morgan fingerprint density at radius 1 is 1.67 bits per heavy atom. The number of likely N-dealkylation sites (N-methyl/N-ethyl adjacent to an activating group) is 1. The van der Waals surface area contributed by atoms with Crippen molar-refractivity contribution in [2.24, 2.45) is 0 Å². The summed E-state index contributed by atoms with van der Waals surface area (Å²) in [7, 11) is 3.49. The zero-order chi connectivity index (χ0) is 9.14. The van der Waals surface area contributed by atoms with Crippen LogP contribution in [-0.4, -0.2) is 60.6 Å². The molecule has 0 aromatic rings. The van der Waals surface area contributed by atoms with Gasteiger partial charge in [0, 0.05) is 27.2 Å². The fraction of sp³-hybridized carbons (Fsp3) is 0.875. The van der Waals surface area contributed by atoms with E-state index in [0.29, 0.717) is 13.1 Å². The van der Waals surface area contributed by atoms with E-state index < -0.39 is 0 Å². The first-order chi connectivity index (χ1) is 5.59. The number of rotatable bonds is 2. The van der Waals surface area contributed by atoms with Gasteiger partial charge >= 0.3 is 0 Å². The van der Waals surface area contributed by atoms with Gasteiger partial charge in [-0.05, 0) is 6.42 Å². The molecule has 0 aromatic carbocycles. The van der Waals surface area contributed by atoms with Gasteiger partial charge in [-0.3, -0.25) is 9.69 Å². The highest BCUT2D eigenvalue weighted by atomic mass is 16.3. The molecule has 1 aliphatic rings. The molecule has 1 fully saturated rings. The topological polar surface area (TPSA) is 43.8 Å². The van der Waals surface area contributed by atoms with Crippen molar-refractivity contribution in [1.29, 1.82) is 0 Å². The molecule has 1 atom stereocenters. The lowest BCUT2D eigenvalue weighted by atomic mass is 10.3. The number of aliphatic hydroxyl groups excluding tert-OH is 1. The number of likely N-dealkylation sites (tertiary alicyclic amines) is 1. The number of nitrogens with zero attached hydrogens (tertiary/aromatic N) is 2. The third-order valence-corrected chi connectivity index (χ3v) is 2.11. The smallest absolute Gasteiger partial charge is 0.236 e. The molecule has 12 heavy (non-hydrogen) atoms. The third kappa shape index (κ3) is 2.46. The van der Waals surface area contributed by atoms with E-state index in [4.69, 9.17) is 0 Å². The lowest BCUT2D eigenvalue weighted by Crippen LogP contribution is -2.35. The highest BCUT2D eigenvalue weighted by Crippen LogP contribution is 2.07. The minimum absolute atomic E-state index is 0.101. The maximum absolute atomic E-state index is 11.2. The number of aliphatic hydroxyl groups is 1. The number of amides is 1. The van der Waals surface area contributed by atoms with E-state index in [0.717, 1.165) is 13.0 Å². The third-order valence-electron chi connectivity index (χ3n) is 2.11. The van der Waals surface area contributed by atoms with Gasteiger partial charge in [0.2, 0.25) is 5.91 Å². The van der Waals surface area contributed by atoms with Gasteiger partial charge in [0.15, 0.2) is 0 Å². The molecule has 1 N–H and O–H groups in total. The van der Waals surface area contributed by atoms with E-state index in [9.17, 15) is 9.90 Å². The van der Waals surface area contributed by atoms with E-state index in [1.807, 2.05) is 4.90 Å². The highest BCUT2D eigenvalue weighted by Gasteiger charge is 2.22. The summed E-state index contributed by atoms with van der Waals surface area (Å²) in [6, 6.07) is 0. The molecule has 0 bridgehead atoms. The summed E-state index contributed by atoms with van der Waals surface area (Å²) in [5.74, 6) is 0.101. The van der Waals surface area contributed by atoms with Crippen LogP contribution in [0.3, 0.4) is 0 Å². The first-order valence-electron chi connectivity index (χ1n) is 4.20. The average Bonchev–Trinajstić information content (AvgIpc) is 2.35. The van der Waals surface area contributed by atoms with E-state index in [-0.39, 0.29) is 12.0 Å². The van der Waals surface area contributed by atoms with Crippen molar-refractivity contribution in [1.82, 2.24) is 9.80 Å². The summed E-state index contributed by atoms with van der Waals surface area (Å²) >= 11 is 0. The predicted octanol–water partition coefficient (Wildman–Crippen LogP) is -0.859. The molecule has 0 aromatic heterocycles. The van der Waals surface area contributed by atoms with Gasteiger partial charge in [-0.25, -0.2) is 0 Å². The number of β-amino-alcohol motifs (C(OH)–C–C–N with tert-alkyl or cyclic N) is 1. The minimum Gasteiger partial charge on any atom is -0.392 e. The van der Waals surface area contributed by atoms with Crippen LogP contribution in [0.25, 0.3) is 0 Å². The summed E-state index contributed by atoms with van der Waals surface area (Å²) in [5, 5.41) is 9.18. The zero-order valence-corrected chi connectivity index (χ0v) is 7.66. The maximum atomic E-state index is 11.2. The molecule has 0 spiro atoms. The van der Waals surface area contributed by atoms with Gasteiger partial charge in [-0.2, -0.15) is 0 Å². The molecule has 4 nitrogen and oxygen atoms in total. The Morgan fingerprint density at radius 2 is 2.33 bits per heavy atom. The Morgan fingerprint density at radius 3 is 2.75 bits per heavy atom. The molecule has 0 radical (unpaired) electrons. The van der Waals surface area contributed by atoms with Gasteiger partial charge < -0.3 is 10.0 Å². The van der Waals surface area contributed by atoms with E-state index in [1.165, 1.54) is 0 Å². The molecular weight excluding hydrogens is 156 g/mol. The minimum atomic E-state index is -0.236. The second kappa shape index (κ2) is 3.87. The molecule has 1 amide bonds. The quantitative estimate of drug-likeness (QED) is 0.589. The lowest BCUT2D eigenvalue weighted by molar-refractivity contribution is -0.129. The second-order valence-electron chi connectivity index (χ2n) is 3.47. The monoisotopic (exact) mass is 172 g/mol. The SMILES string of the molecule is CN(C)C(=O)CN1CC[C@@H](O)C1. The number of hydrogen-bond donors (Lipinski definition) is 1. The number of carbonyl (C=O) groups excluding carboxylic acids is 1. The van der Waals surface area contributed by atoms with Crippen LogP contribution >= 0.6 is 0 Å². The molecule has 4 heteroatoms. The van der Waals surface area contributed by atoms with E-state index in [2.05, 4.69) is 0 Å². The van der Waals surface area contributed by atoms with Crippen LogP contribution in [0, 0.1) is 0 Å². The molecule has 1 heterocycles. The van der Waals surface area contributed by atoms with Gasteiger partial charge in [0.05, 0.1) is 12.6 Å². The van der Waals surface area contributed by atoms with E-state index >= 15 is 0 Å². The fourth-order valence-electron chi connectivity index (χ4n) is 1.29. The average molecular weight is 172 g/mol. The van der Waals surface area contributed by atoms with Gasteiger partial charge in [-0.1, -0.05) is 0 Å². The van der Waals surface area contributed by atoms with Crippen molar-refractivity contribution in [3.8, 4) is 0 Å². The largest absolute Gasteiger partial charge is 0.392 e. The van der Waals surface area contributed by atoms with Crippen molar-refractivity contribution in [3.63, 3.8) is 0 Å². The molecule has 0 aliphatic carbocycles. The van der Waals surface area contributed by atoms with Gasteiger partial charge in [0.25, 0.3) is 0 Å². The normalized spacial score (nSPS) is 24.4. The summed E-state index contributed by atoms with van der Waals surface area (Å²) < 4.78 is 0. The van der Waals surface area contributed by atoms with Crippen LogP contribution in [0.5, 0.6) is 0 Å². The van der Waals surface area contributed by atoms with Crippen LogP contribution in [0.15, 0.2) is 0 Å². The number of carbonyl (C=O) groups is 1. The fourth-order valence-corrected chi connectivity index (χ4v) is 1.29. The molecule has 1 aliphatic heterocycles. The highest BCUT2D eigenvalue weighted by molar-refractivity contribution is 5.77. The Labute approximate surface area is 72.8 Å². The van der Waals surface area contributed by atoms with Gasteiger partial charge in [0.1, 0.15) is 0 Å². The van der Waals surface area contributed by atoms with Crippen molar-refractivity contribution >= 4 is 5.91 Å². The second-order valence-corrected chi connectivity index (χ2v) is 3.47. The molecule has 0 saturated carbocycles. The van der Waals surface area contributed by atoms with Crippen LogP contribution in [0.1, 0.15) is 6.42 Å². The summed E-state index contributed by atoms with van der Waals surface area (Å²) in [5.41, 5.74) is 0. The molecular formula is C8H16N2O2.